The van der Waals surface area contributed by atoms with Crippen molar-refractivity contribution in [2.75, 3.05) is 49.4 Å². The molecule has 0 aliphatic heterocycles. The summed E-state index contributed by atoms with van der Waals surface area (Å²) in [7, 11) is -15.5. The van der Waals surface area contributed by atoms with Crippen molar-refractivity contribution in [1.82, 2.24) is 0 Å². The standard InChI is InChI=1S/3C24H35NO6S.C21H34O6S/c25-21(22(26)27)10-17-3-5-20(6-4-17)31-16-24-13-18-9-19(14-24)12-23(11-18,15-24)7-1-2-8-32(28,29)30;25-22(23(26)27)11-16-3-5-20(6-4-16)31-15-21-18-9-17-10-19(21)14-24(12-17,13-18)7-1-2-8-32(28,29)30;25-21(22(26)27)10-17-4-3-5-20(9-17)31-16-24-13-18-8-19(14-24)12-23(11-18,15-24)6-1-2-7-32(28,29)30;22-19(23)17-3-4-18(8-17)27-14-21-11-15-7-16(12-21)10-20(9-15,13-21)5-1-2-6-28(24,25)26/h3-6,18-19,21H,1-2,7-16,25H2,(H,26,27)(H,28,29,30);3-6,17-19,21-22H,1-2,7-15,25H2,(H,26,27)(H,28,29,30);3-5,9,18-19,21H,1-2,6-8,10-16,25H2,(H,26,27)(H,28,29,30);15-18H,1-14H2,(H,22,23)(H,24,25,26)/t18?,19?,21-,23?,24?;17?,18?,19?,21?,22-,24?;18?,19?,21-,23?,24?;/m000./s1. The predicted octanol–water partition coefficient (Wildman–Crippen LogP) is 14.8. The minimum Gasteiger partial charge on any atom is -0.493 e. The minimum atomic E-state index is -3.88. The van der Waals surface area contributed by atoms with E-state index in [-0.39, 0.29) is 63.1 Å². The smallest absolute Gasteiger partial charge is 0.320 e. The first-order valence-electron chi connectivity index (χ1n) is 46.1. The van der Waals surface area contributed by atoms with Crippen LogP contribution in [-0.4, -0.2) is 170 Å². The maximum Gasteiger partial charge on any atom is 0.320 e. The number of benzene rings is 3. The van der Waals surface area contributed by atoms with E-state index >= 15 is 0 Å². The van der Waals surface area contributed by atoms with E-state index < -0.39 is 82.5 Å². The summed E-state index contributed by atoms with van der Waals surface area (Å²) in [6.45, 7) is 2.85. The van der Waals surface area contributed by atoms with Crippen LogP contribution in [0.4, 0.5) is 0 Å². The first-order chi connectivity index (χ1) is 58.4. The Labute approximate surface area is 734 Å². The molecule has 13 atom stereocenters. The molecule has 17 aliphatic rings. The van der Waals surface area contributed by atoms with Crippen LogP contribution < -0.4 is 31.4 Å². The Morgan fingerprint density at radius 2 is 0.702 bits per heavy atom. The lowest BCUT2D eigenvalue weighted by Crippen LogP contribution is -2.54. The third-order valence-electron chi connectivity index (χ3n) is 31.9. The second-order valence-corrected chi connectivity index (χ2v) is 48.8. The molecule has 20 rings (SSSR count). The van der Waals surface area contributed by atoms with Gasteiger partial charge in [-0.15, -0.1) is 0 Å². The molecule has 124 heavy (non-hydrogen) atoms. The first-order valence-corrected chi connectivity index (χ1v) is 52.6. The van der Waals surface area contributed by atoms with Crippen molar-refractivity contribution >= 4 is 64.3 Å². The zero-order chi connectivity index (χ0) is 88.9. The predicted molar refractivity (Wildman–Crippen MR) is 468 cm³/mol. The first kappa shape index (κ1) is 96.0. The van der Waals surface area contributed by atoms with Gasteiger partial charge in [-0.2, -0.15) is 33.7 Å². The molecular weight excluding hydrogens is 1670 g/mol. The highest BCUT2D eigenvalue weighted by Crippen LogP contribution is 2.70. The van der Waals surface area contributed by atoms with Crippen LogP contribution in [0.1, 0.15) is 261 Å². The monoisotopic (exact) mass is 1810 g/mol. The van der Waals surface area contributed by atoms with Gasteiger partial charge in [0.05, 0.1) is 61.5 Å². The molecule has 27 nitrogen and oxygen atoms in total. The summed E-state index contributed by atoms with van der Waals surface area (Å²) in [5, 5.41) is 36.2. The number of hydrogen-bond donors (Lipinski definition) is 11. The second-order valence-electron chi connectivity index (χ2n) is 42.5. The lowest BCUT2D eigenvalue weighted by atomic mass is 9.43. The summed E-state index contributed by atoms with van der Waals surface area (Å²) in [5.41, 5.74) is 21.4. The summed E-state index contributed by atoms with van der Waals surface area (Å²) >= 11 is 0. The van der Waals surface area contributed by atoms with Gasteiger partial charge in [-0.1, -0.05) is 62.1 Å². The molecule has 694 valence electrons. The lowest BCUT2D eigenvalue weighted by Gasteiger charge is -2.62. The quantitative estimate of drug-likeness (QED) is 0.0185. The Bertz CT molecular complexity index is 4590. The lowest BCUT2D eigenvalue weighted by molar-refractivity contribution is -0.152. The number of rotatable bonds is 42. The summed E-state index contributed by atoms with van der Waals surface area (Å²) in [6, 6.07) is 20.0. The number of hydrogen-bond acceptors (Lipinski definition) is 19. The van der Waals surface area contributed by atoms with Crippen LogP contribution in [0.15, 0.2) is 72.8 Å². The van der Waals surface area contributed by atoms with Crippen molar-refractivity contribution in [2.45, 2.75) is 287 Å². The molecule has 0 heterocycles. The summed E-state index contributed by atoms with van der Waals surface area (Å²) in [4.78, 5) is 44.1. The molecule has 0 aromatic heterocycles. The number of carbonyl (C=O) groups is 4. The maximum absolute atomic E-state index is 11.2. The molecule has 31 heteroatoms. The van der Waals surface area contributed by atoms with Gasteiger partial charge in [0.25, 0.3) is 40.5 Å². The fourth-order valence-electron chi connectivity index (χ4n) is 28.9. The number of carboxylic acids is 4. The number of carboxylic acid groups (broad SMARTS) is 4. The van der Waals surface area contributed by atoms with Gasteiger partial charge in [-0.3, -0.25) is 37.4 Å². The highest BCUT2D eigenvalue weighted by Gasteiger charge is 2.61. The van der Waals surface area contributed by atoms with Gasteiger partial charge < -0.3 is 56.6 Å². The molecule has 0 amide bonds. The fraction of sp³-hybridized carbons (Fsp3) is 0.763. The molecule has 14 N–H and O–H groups in total. The van der Waals surface area contributed by atoms with Gasteiger partial charge >= 0.3 is 23.9 Å². The van der Waals surface area contributed by atoms with Crippen molar-refractivity contribution in [3.8, 4) is 17.2 Å². The van der Waals surface area contributed by atoms with Gasteiger partial charge in [0, 0.05) is 10.8 Å². The van der Waals surface area contributed by atoms with Gasteiger partial charge in [-0.05, 0) is 377 Å². The summed E-state index contributed by atoms with van der Waals surface area (Å²) in [6.07, 6.45) is 41.4. The van der Waals surface area contributed by atoms with Gasteiger partial charge in [0.1, 0.15) is 35.4 Å². The molecule has 17 fully saturated rings. The second kappa shape index (κ2) is 39.6. The van der Waals surface area contributed by atoms with Crippen molar-refractivity contribution in [2.24, 2.45) is 120 Å². The van der Waals surface area contributed by atoms with E-state index in [0.717, 1.165) is 166 Å². The van der Waals surface area contributed by atoms with Crippen LogP contribution in [0.3, 0.4) is 0 Å². The molecule has 10 unspecified atom stereocenters. The molecule has 0 saturated heterocycles. The molecule has 0 spiro atoms. The molecule has 16 bridgehead atoms. The number of unbranched alkanes of at least 4 members (excludes halogenated alkanes) is 4. The molecule has 3 aromatic carbocycles. The molecule has 17 aliphatic carbocycles. The Kier molecular flexibility index (Phi) is 30.7. The van der Waals surface area contributed by atoms with Gasteiger partial charge in [-0.25, -0.2) is 0 Å². The van der Waals surface area contributed by atoms with Crippen molar-refractivity contribution in [3.63, 3.8) is 0 Å². The Morgan fingerprint density at radius 3 is 1.06 bits per heavy atom. The molecule has 17 saturated carbocycles. The summed E-state index contributed by atoms with van der Waals surface area (Å²) in [5.74, 6) is 5.06. The molecule has 3 aromatic rings. The highest BCUT2D eigenvalue weighted by molar-refractivity contribution is 7.86. The van der Waals surface area contributed by atoms with Crippen LogP contribution in [0.25, 0.3) is 0 Å². The Morgan fingerprint density at radius 1 is 0.363 bits per heavy atom. The SMILES string of the molecule is N[C@@H](Cc1ccc(OCC23CC4CC(CC(CCCCS(=O)(=O)O)(C4)C2)C3)cc1)C(=O)O.N[C@@H](Cc1ccc(OCC2C3CC4CC2CC(CCCCS(=O)(=O)O)(C4)C3)cc1)C(=O)O.N[C@@H](Cc1cccc(OCC23CC4CC(CC(CCCCS(=O)(=O)O)(C4)C2)C3)c1)C(=O)O.O=C(O)C1CCC(OCC23CC4CC(CC(CCCCS(=O)(=O)O)(C4)C2)C3)C1. The number of ether oxygens (including phenoxy) is 4. The zero-order valence-corrected chi connectivity index (χ0v) is 75.5. The van der Waals surface area contributed by atoms with Gasteiger partial charge in [0.15, 0.2) is 0 Å². The number of aliphatic carboxylic acids is 4. The van der Waals surface area contributed by atoms with Crippen LogP contribution >= 0.6 is 0 Å². The maximum atomic E-state index is 11.2. The van der Waals surface area contributed by atoms with Crippen molar-refractivity contribution in [3.05, 3.63) is 89.5 Å². The third kappa shape index (κ3) is 26.6. The van der Waals surface area contributed by atoms with Crippen LogP contribution in [0.5, 0.6) is 17.2 Å². The molecular formula is C93H139N3O24S4. The van der Waals surface area contributed by atoms with Crippen molar-refractivity contribution < 1.29 is 110 Å². The average molecular weight is 1810 g/mol. The normalized spacial score (nSPS) is 34.3. The average Bonchev–Trinajstić information content (AvgIpc) is 0.809. The fourth-order valence-corrected chi connectivity index (χ4v) is 31.1. The minimum absolute atomic E-state index is 0.0971. The topological polar surface area (TPSA) is 482 Å². The van der Waals surface area contributed by atoms with Crippen LogP contribution in [0, 0.1) is 103 Å². The third-order valence-corrected chi connectivity index (χ3v) is 35.1. The van der Waals surface area contributed by atoms with E-state index in [9.17, 15) is 58.0 Å². The van der Waals surface area contributed by atoms with E-state index in [1.807, 2.05) is 72.8 Å². The van der Waals surface area contributed by atoms with E-state index in [1.54, 1.807) is 0 Å². The van der Waals surface area contributed by atoms with Gasteiger partial charge in [0.2, 0.25) is 0 Å². The zero-order valence-electron chi connectivity index (χ0n) is 72.2. The van der Waals surface area contributed by atoms with E-state index in [1.165, 1.54) is 135 Å². The van der Waals surface area contributed by atoms with E-state index in [4.69, 9.17) is 69.7 Å². The van der Waals surface area contributed by atoms with E-state index in [2.05, 4.69) is 0 Å². The van der Waals surface area contributed by atoms with Crippen molar-refractivity contribution in [1.29, 1.82) is 0 Å². The van der Waals surface area contributed by atoms with Crippen LogP contribution in [0.2, 0.25) is 0 Å². The number of nitrogens with two attached hydrogens (primary N) is 3. The van der Waals surface area contributed by atoms with E-state index in [0.29, 0.717) is 92.2 Å². The largest absolute Gasteiger partial charge is 0.493 e. The summed E-state index contributed by atoms with van der Waals surface area (Å²) < 4.78 is 149. The Hall–Kier alpha value is -5.58. The highest BCUT2D eigenvalue weighted by atomic mass is 32.2. The Balaban J connectivity index is 0.000000142. The van der Waals surface area contributed by atoms with Crippen LogP contribution in [-0.2, 0) is 83.6 Å². The molecule has 0 radical (unpaired) electrons.